The molecule has 68 valence electrons. The highest BCUT2D eigenvalue weighted by atomic mass is 15.0. The van der Waals surface area contributed by atoms with Crippen molar-refractivity contribution in [3.05, 3.63) is 18.0 Å². The summed E-state index contributed by atoms with van der Waals surface area (Å²) in [6.07, 6.45) is 4.44. The number of hydrogen-bond donors (Lipinski definition) is 3. The molecule has 2 aromatic heterocycles. The Hall–Kier alpha value is -1.62. The van der Waals surface area contributed by atoms with Gasteiger partial charge in [-0.3, -0.25) is 0 Å². The van der Waals surface area contributed by atoms with Crippen LogP contribution in [0.3, 0.4) is 0 Å². The smallest absolute Gasteiger partial charge is 0.221 e. The molecular formula is C8H11N5. The Morgan fingerprint density at radius 2 is 2.31 bits per heavy atom. The molecule has 0 saturated carbocycles. The molecule has 2 aromatic rings. The van der Waals surface area contributed by atoms with Crippen molar-refractivity contribution >= 4 is 17.0 Å². The van der Waals surface area contributed by atoms with Gasteiger partial charge in [0.1, 0.15) is 5.65 Å². The van der Waals surface area contributed by atoms with Gasteiger partial charge >= 0.3 is 0 Å². The zero-order valence-electron chi connectivity index (χ0n) is 7.12. The normalized spacial score (nSPS) is 10.8. The van der Waals surface area contributed by atoms with E-state index in [0.717, 1.165) is 23.0 Å². The maximum atomic E-state index is 5.46. The zero-order valence-corrected chi connectivity index (χ0v) is 7.12. The van der Waals surface area contributed by atoms with Crippen LogP contribution in [0.2, 0.25) is 0 Å². The highest BCUT2D eigenvalue weighted by molar-refractivity contribution is 5.79. The predicted octanol–water partition coefficient (Wildman–Crippen LogP) is 0.0413. The molecule has 0 unspecified atom stereocenters. The van der Waals surface area contributed by atoms with Gasteiger partial charge in [0.2, 0.25) is 5.95 Å². The molecule has 13 heavy (non-hydrogen) atoms. The van der Waals surface area contributed by atoms with E-state index in [2.05, 4.69) is 15.0 Å². The number of anilines is 1. The number of nitrogens with two attached hydrogens (primary N) is 2. The first-order chi connectivity index (χ1) is 6.31. The number of aromatic amines is 1. The SMILES string of the molecule is NCCc1c[nH]c2nc(N)ncc12. The standard InChI is InChI=1S/C8H11N5/c9-2-1-5-3-11-7-6(5)4-12-8(10)13-7/h3-4H,1-2,9H2,(H3,10,11,12,13). The molecule has 0 aromatic carbocycles. The molecule has 0 saturated heterocycles. The van der Waals surface area contributed by atoms with Crippen LogP contribution < -0.4 is 11.5 Å². The number of rotatable bonds is 2. The molecule has 0 aliphatic rings. The van der Waals surface area contributed by atoms with E-state index in [0.29, 0.717) is 6.54 Å². The second-order valence-corrected chi connectivity index (χ2v) is 2.84. The third kappa shape index (κ3) is 1.33. The van der Waals surface area contributed by atoms with Crippen molar-refractivity contribution in [3.63, 3.8) is 0 Å². The van der Waals surface area contributed by atoms with Crippen LogP contribution in [-0.2, 0) is 6.42 Å². The third-order valence-electron chi connectivity index (χ3n) is 1.95. The van der Waals surface area contributed by atoms with Crippen LogP contribution in [0, 0.1) is 0 Å². The summed E-state index contributed by atoms with van der Waals surface area (Å²) in [6, 6.07) is 0. The lowest BCUT2D eigenvalue weighted by Gasteiger charge is -1.94. The quantitative estimate of drug-likeness (QED) is 0.603. The lowest BCUT2D eigenvalue weighted by atomic mass is 10.2. The van der Waals surface area contributed by atoms with Crippen molar-refractivity contribution in [2.24, 2.45) is 5.73 Å². The van der Waals surface area contributed by atoms with Crippen molar-refractivity contribution in [1.29, 1.82) is 0 Å². The van der Waals surface area contributed by atoms with Crippen molar-refractivity contribution in [2.45, 2.75) is 6.42 Å². The minimum atomic E-state index is 0.286. The molecule has 2 rings (SSSR count). The molecule has 0 bridgehead atoms. The van der Waals surface area contributed by atoms with Crippen molar-refractivity contribution in [3.8, 4) is 0 Å². The van der Waals surface area contributed by atoms with E-state index in [1.54, 1.807) is 6.20 Å². The summed E-state index contributed by atoms with van der Waals surface area (Å²) >= 11 is 0. The molecule has 0 amide bonds. The average Bonchev–Trinajstić information content (AvgIpc) is 2.49. The Bertz CT molecular complexity index is 419. The van der Waals surface area contributed by atoms with Gasteiger partial charge in [-0.05, 0) is 18.5 Å². The molecule has 5 nitrogen and oxygen atoms in total. The van der Waals surface area contributed by atoms with Crippen LogP contribution >= 0.6 is 0 Å². The van der Waals surface area contributed by atoms with Crippen LogP contribution in [0.5, 0.6) is 0 Å². The number of nitrogens with one attached hydrogen (secondary N) is 1. The Kier molecular flexibility index (Phi) is 1.86. The summed E-state index contributed by atoms with van der Waals surface area (Å²) in [4.78, 5) is 11.0. The van der Waals surface area contributed by atoms with E-state index in [9.17, 15) is 0 Å². The van der Waals surface area contributed by atoms with Gasteiger partial charge in [-0.2, -0.15) is 4.98 Å². The lowest BCUT2D eigenvalue weighted by Crippen LogP contribution is -2.02. The summed E-state index contributed by atoms with van der Waals surface area (Å²) in [5.41, 5.74) is 12.8. The first kappa shape index (κ1) is 8.00. The molecule has 5 heteroatoms. The number of fused-ring (bicyclic) bond motifs is 1. The van der Waals surface area contributed by atoms with Gasteiger partial charge in [0, 0.05) is 17.8 Å². The zero-order chi connectivity index (χ0) is 9.26. The number of hydrogen-bond acceptors (Lipinski definition) is 4. The van der Waals surface area contributed by atoms with Gasteiger partial charge in [-0.1, -0.05) is 0 Å². The minimum Gasteiger partial charge on any atom is -0.368 e. The lowest BCUT2D eigenvalue weighted by molar-refractivity contribution is 0.976. The van der Waals surface area contributed by atoms with Crippen molar-refractivity contribution in [1.82, 2.24) is 15.0 Å². The van der Waals surface area contributed by atoms with Gasteiger partial charge in [0.25, 0.3) is 0 Å². The average molecular weight is 177 g/mol. The molecular weight excluding hydrogens is 166 g/mol. The number of aromatic nitrogens is 3. The number of H-pyrrole nitrogens is 1. The fraction of sp³-hybridized carbons (Fsp3) is 0.250. The van der Waals surface area contributed by atoms with E-state index >= 15 is 0 Å². The molecule has 5 N–H and O–H groups in total. The monoisotopic (exact) mass is 177 g/mol. The first-order valence-corrected chi connectivity index (χ1v) is 4.10. The van der Waals surface area contributed by atoms with Crippen LogP contribution in [-0.4, -0.2) is 21.5 Å². The number of nitrogen functional groups attached to an aromatic ring is 1. The highest BCUT2D eigenvalue weighted by Gasteiger charge is 2.04. The molecule has 0 radical (unpaired) electrons. The molecule has 0 atom stereocenters. The second kappa shape index (κ2) is 3.02. The molecule has 0 aliphatic carbocycles. The molecule has 2 heterocycles. The van der Waals surface area contributed by atoms with E-state index in [4.69, 9.17) is 11.5 Å². The Labute approximate surface area is 75.2 Å². The summed E-state index contributed by atoms with van der Waals surface area (Å²) in [5.74, 6) is 0.286. The molecule has 0 spiro atoms. The van der Waals surface area contributed by atoms with Crippen LogP contribution in [0.1, 0.15) is 5.56 Å². The van der Waals surface area contributed by atoms with Gasteiger partial charge in [0.15, 0.2) is 0 Å². The van der Waals surface area contributed by atoms with E-state index in [1.807, 2.05) is 6.20 Å². The van der Waals surface area contributed by atoms with E-state index in [-0.39, 0.29) is 5.95 Å². The van der Waals surface area contributed by atoms with E-state index < -0.39 is 0 Å². The van der Waals surface area contributed by atoms with Gasteiger partial charge in [-0.25, -0.2) is 4.98 Å². The largest absolute Gasteiger partial charge is 0.368 e. The maximum Gasteiger partial charge on any atom is 0.221 e. The van der Waals surface area contributed by atoms with Crippen LogP contribution in [0.15, 0.2) is 12.4 Å². The molecule has 0 fully saturated rings. The first-order valence-electron chi connectivity index (χ1n) is 4.10. The summed E-state index contributed by atoms with van der Waals surface area (Å²) in [6.45, 7) is 0.622. The highest BCUT2D eigenvalue weighted by Crippen LogP contribution is 2.15. The maximum absolute atomic E-state index is 5.46. The fourth-order valence-corrected chi connectivity index (χ4v) is 1.34. The summed E-state index contributed by atoms with van der Waals surface area (Å²) in [7, 11) is 0. The van der Waals surface area contributed by atoms with Crippen LogP contribution in [0.4, 0.5) is 5.95 Å². The Morgan fingerprint density at radius 3 is 3.08 bits per heavy atom. The fourth-order valence-electron chi connectivity index (χ4n) is 1.34. The number of nitrogens with zero attached hydrogens (tertiary/aromatic N) is 2. The second-order valence-electron chi connectivity index (χ2n) is 2.84. The van der Waals surface area contributed by atoms with Gasteiger partial charge in [-0.15, -0.1) is 0 Å². The predicted molar refractivity (Wildman–Crippen MR) is 51.1 cm³/mol. The van der Waals surface area contributed by atoms with Crippen LogP contribution in [0.25, 0.3) is 11.0 Å². The van der Waals surface area contributed by atoms with E-state index in [1.165, 1.54) is 0 Å². The Morgan fingerprint density at radius 1 is 1.46 bits per heavy atom. The molecule has 0 aliphatic heterocycles. The summed E-state index contributed by atoms with van der Waals surface area (Å²) in [5, 5.41) is 1.000. The van der Waals surface area contributed by atoms with Gasteiger partial charge in [0.05, 0.1) is 0 Å². The third-order valence-corrected chi connectivity index (χ3v) is 1.95. The Balaban J connectivity index is 2.55. The summed E-state index contributed by atoms with van der Waals surface area (Å²) < 4.78 is 0. The topological polar surface area (TPSA) is 93.6 Å². The minimum absolute atomic E-state index is 0.286. The van der Waals surface area contributed by atoms with Gasteiger partial charge < -0.3 is 16.5 Å². The van der Waals surface area contributed by atoms with Crippen molar-refractivity contribution in [2.75, 3.05) is 12.3 Å². The van der Waals surface area contributed by atoms with Crippen molar-refractivity contribution < 1.29 is 0 Å².